The van der Waals surface area contributed by atoms with Crippen LogP contribution in [0, 0.1) is 11.8 Å². The Bertz CT molecular complexity index is 1620. The Hall–Kier alpha value is -5.24. The standard InChI is InChI=1S/C43H46N2O6/c46-40(34-17-9-3-10-18-34)38(32-13-5-1-6-14-32)44(42(48)49)36-25-21-30(22-26-36)29-31-23-27-37(28-24-31)45(43(50)51)39(33-15-7-2-8-16-33)41(47)35-19-11-4-12-20-35/h1-20,30-31,36-39H,21-29H2,(H,48,49)(H,50,51)/p-2. The van der Waals surface area contributed by atoms with Gasteiger partial charge in [0.25, 0.3) is 0 Å². The molecule has 8 nitrogen and oxygen atoms in total. The van der Waals surface area contributed by atoms with E-state index in [4.69, 9.17) is 0 Å². The van der Waals surface area contributed by atoms with E-state index in [1.165, 1.54) is 9.80 Å². The van der Waals surface area contributed by atoms with Gasteiger partial charge in [-0.2, -0.15) is 0 Å². The van der Waals surface area contributed by atoms with Crippen LogP contribution in [0.15, 0.2) is 121 Å². The van der Waals surface area contributed by atoms with Gasteiger partial charge in [-0.3, -0.25) is 9.59 Å². The molecule has 4 aromatic carbocycles. The van der Waals surface area contributed by atoms with Crippen molar-refractivity contribution < 1.29 is 29.4 Å². The minimum atomic E-state index is -1.34. The predicted octanol–water partition coefficient (Wildman–Crippen LogP) is 7.03. The van der Waals surface area contributed by atoms with Crippen LogP contribution in [0.2, 0.25) is 0 Å². The molecule has 0 N–H and O–H groups in total. The van der Waals surface area contributed by atoms with Gasteiger partial charge in [0.1, 0.15) is 24.3 Å². The lowest BCUT2D eigenvalue weighted by Crippen LogP contribution is -2.52. The topological polar surface area (TPSA) is 121 Å². The minimum Gasteiger partial charge on any atom is -0.530 e. The van der Waals surface area contributed by atoms with E-state index in [-0.39, 0.29) is 23.7 Å². The van der Waals surface area contributed by atoms with Gasteiger partial charge in [0.05, 0.1) is 0 Å². The van der Waals surface area contributed by atoms with Crippen LogP contribution in [0.5, 0.6) is 0 Å². The number of nitrogens with zero attached hydrogens (tertiary/aromatic N) is 2. The molecule has 2 unspecified atom stereocenters. The Balaban J connectivity index is 1.10. The fourth-order valence-electron chi connectivity index (χ4n) is 8.39. The number of rotatable bonds is 12. The van der Waals surface area contributed by atoms with Gasteiger partial charge in [-0.05, 0) is 80.8 Å². The van der Waals surface area contributed by atoms with Crippen LogP contribution in [0.3, 0.4) is 0 Å². The molecule has 2 fully saturated rings. The summed E-state index contributed by atoms with van der Waals surface area (Å²) in [4.78, 5) is 55.7. The number of hydrogen-bond acceptors (Lipinski definition) is 6. The number of hydrogen-bond donors (Lipinski definition) is 0. The molecule has 4 aromatic rings. The highest BCUT2D eigenvalue weighted by molar-refractivity contribution is 6.02. The van der Waals surface area contributed by atoms with Gasteiger partial charge in [0, 0.05) is 23.2 Å². The van der Waals surface area contributed by atoms with Crippen LogP contribution >= 0.6 is 0 Å². The minimum absolute atomic E-state index is 0.268. The van der Waals surface area contributed by atoms with Gasteiger partial charge in [0.2, 0.25) is 0 Å². The molecule has 0 aliphatic heterocycles. The highest BCUT2D eigenvalue weighted by atomic mass is 16.4. The molecule has 264 valence electrons. The number of carbonyl (C=O) groups excluding carboxylic acids is 4. The molecule has 2 amide bonds. The summed E-state index contributed by atoms with van der Waals surface area (Å²) in [6, 6.07) is 33.1. The Kier molecular flexibility index (Phi) is 11.6. The fourth-order valence-corrected chi connectivity index (χ4v) is 8.39. The first-order chi connectivity index (χ1) is 24.8. The molecular weight excluding hydrogens is 640 g/mol. The van der Waals surface area contributed by atoms with Crippen molar-refractivity contribution in [3.63, 3.8) is 0 Å². The molecule has 2 atom stereocenters. The van der Waals surface area contributed by atoms with Gasteiger partial charge in [-0.1, -0.05) is 121 Å². The van der Waals surface area contributed by atoms with E-state index < -0.39 is 24.3 Å². The van der Waals surface area contributed by atoms with Crippen LogP contribution in [0.1, 0.15) is 102 Å². The van der Waals surface area contributed by atoms with E-state index in [9.17, 15) is 29.4 Å². The number of amides is 2. The molecule has 0 radical (unpaired) electrons. The molecule has 2 aliphatic carbocycles. The van der Waals surface area contributed by atoms with Gasteiger partial charge < -0.3 is 29.6 Å². The summed E-state index contributed by atoms with van der Waals surface area (Å²) in [5.41, 5.74) is 2.16. The van der Waals surface area contributed by atoms with Crippen LogP contribution in [-0.4, -0.2) is 45.6 Å². The summed E-state index contributed by atoms with van der Waals surface area (Å²) in [5.74, 6) is 0.270. The molecule has 6 rings (SSSR count). The summed E-state index contributed by atoms with van der Waals surface area (Å²) in [6.07, 6.45) is 4.19. The highest BCUT2D eigenvalue weighted by Crippen LogP contribution is 2.41. The van der Waals surface area contributed by atoms with Gasteiger partial charge in [0.15, 0.2) is 11.6 Å². The van der Waals surface area contributed by atoms with Crippen molar-refractivity contribution in [2.45, 2.75) is 82.0 Å². The smallest absolute Gasteiger partial charge is 0.189 e. The molecule has 8 heteroatoms. The van der Waals surface area contributed by atoms with E-state index in [0.717, 1.165) is 32.1 Å². The molecule has 0 bridgehead atoms. The highest BCUT2D eigenvalue weighted by Gasteiger charge is 2.38. The lowest BCUT2D eigenvalue weighted by molar-refractivity contribution is -0.271. The maximum atomic E-state index is 13.8. The van der Waals surface area contributed by atoms with Crippen LogP contribution in [-0.2, 0) is 0 Å². The molecule has 51 heavy (non-hydrogen) atoms. The number of Topliss-reactive ketones (excluding diaryl/α,β-unsaturated/α-hetero) is 2. The summed E-state index contributed by atoms with van der Waals surface area (Å²) in [7, 11) is 0. The maximum Gasteiger partial charge on any atom is 0.189 e. The molecule has 2 saturated carbocycles. The first kappa shape index (κ1) is 35.6. The number of carboxylic acid groups (broad SMARTS) is 2. The van der Waals surface area contributed by atoms with E-state index >= 15 is 0 Å². The average molecular weight is 685 g/mol. The van der Waals surface area contributed by atoms with Crippen LogP contribution in [0.25, 0.3) is 0 Å². The number of benzene rings is 4. The van der Waals surface area contributed by atoms with Crippen LogP contribution < -0.4 is 10.2 Å². The SMILES string of the molecule is O=C(c1ccccc1)C(c1ccccc1)N(C(=O)[O-])C1CCC(CC2CCC(N(C(=O)[O-])C(C(=O)c3ccccc3)c3ccccc3)CC2)CC1. The number of carbonyl (C=O) groups is 4. The summed E-state index contributed by atoms with van der Waals surface area (Å²) in [5, 5.41) is 25.5. The average Bonchev–Trinajstić information content (AvgIpc) is 3.17. The summed E-state index contributed by atoms with van der Waals surface area (Å²) in [6.45, 7) is 0. The first-order valence-corrected chi connectivity index (χ1v) is 18.1. The Morgan fingerprint density at radius 1 is 0.471 bits per heavy atom. The van der Waals surface area contributed by atoms with Gasteiger partial charge in [-0.15, -0.1) is 0 Å². The molecular formula is C43H44N2O6-2. The molecule has 0 spiro atoms. The second-order valence-electron chi connectivity index (χ2n) is 14.0. The zero-order valence-electron chi connectivity index (χ0n) is 28.7. The normalized spacial score (nSPS) is 21.5. The number of ketones is 2. The molecule has 0 heterocycles. The second kappa shape index (κ2) is 16.6. The van der Waals surface area contributed by atoms with Crippen molar-refractivity contribution in [2.24, 2.45) is 11.8 Å². The zero-order chi connectivity index (χ0) is 35.7. The summed E-state index contributed by atoms with van der Waals surface area (Å²) < 4.78 is 0. The summed E-state index contributed by atoms with van der Waals surface area (Å²) >= 11 is 0. The molecule has 0 saturated heterocycles. The fraction of sp³-hybridized carbons (Fsp3) is 0.349. The Labute approximate surface area is 299 Å². The maximum absolute atomic E-state index is 13.8. The third-order valence-electron chi connectivity index (χ3n) is 10.9. The lowest BCUT2D eigenvalue weighted by Gasteiger charge is -2.44. The van der Waals surface area contributed by atoms with Crippen molar-refractivity contribution in [1.82, 2.24) is 9.80 Å². The van der Waals surface area contributed by atoms with Crippen molar-refractivity contribution in [3.05, 3.63) is 144 Å². The van der Waals surface area contributed by atoms with Gasteiger partial charge >= 0.3 is 0 Å². The second-order valence-corrected chi connectivity index (χ2v) is 14.0. The lowest BCUT2D eigenvalue weighted by atomic mass is 9.75. The van der Waals surface area contributed by atoms with Crippen molar-refractivity contribution >= 4 is 23.8 Å². The quantitative estimate of drug-likeness (QED) is 0.148. The largest absolute Gasteiger partial charge is 0.530 e. The Morgan fingerprint density at radius 2 is 0.765 bits per heavy atom. The monoisotopic (exact) mass is 684 g/mol. The van der Waals surface area contributed by atoms with Gasteiger partial charge in [-0.25, -0.2) is 0 Å². The van der Waals surface area contributed by atoms with Crippen molar-refractivity contribution in [2.75, 3.05) is 0 Å². The molecule has 0 aromatic heterocycles. The van der Waals surface area contributed by atoms with E-state index in [2.05, 4.69) is 0 Å². The zero-order valence-corrected chi connectivity index (χ0v) is 28.7. The first-order valence-electron chi connectivity index (χ1n) is 18.1. The third-order valence-corrected chi connectivity index (χ3v) is 10.9. The van der Waals surface area contributed by atoms with Crippen molar-refractivity contribution in [3.8, 4) is 0 Å². The predicted molar refractivity (Wildman–Crippen MR) is 190 cm³/mol. The Morgan fingerprint density at radius 3 is 1.06 bits per heavy atom. The molecule has 2 aliphatic rings. The van der Waals surface area contributed by atoms with E-state index in [1.54, 1.807) is 72.8 Å². The van der Waals surface area contributed by atoms with E-state index in [1.807, 2.05) is 48.5 Å². The van der Waals surface area contributed by atoms with Crippen molar-refractivity contribution in [1.29, 1.82) is 0 Å². The third kappa shape index (κ3) is 8.39. The van der Waals surface area contributed by atoms with Crippen LogP contribution in [0.4, 0.5) is 9.59 Å². The van der Waals surface area contributed by atoms with E-state index in [0.29, 0.717) is 59.8 Å².